The molecule has 0 radical (unpaired) electrons. The number of carbonyl (C=O) groups excluding carboxylic acids is 1. The van der Waals surface area contributed by atoms with Gasteiger partial charge in [0.15, 0.2) is 0 Å². The molecule has 0 spiro atoms. The summed E-state index contributed by atoms with van der Waals surface area (Å²) < 4.78 is 30.7. The van der Waals surface area contributed by atoms with Crippen LogP contribution in [0.25, 0.3) is 0 Å². The molecule has 1 heterocycles. The molecule has 0 unspecified atom stereocenters. The second-order valence-electron chi connectivity index (χ2n) is 4.97. The molecular formula is C16H12ClN3O4S. The van der Waals surface area contributed by atoms with Crippen molar-refractivity contribution in [2.75, 3.05) is 5.73 Å². The third-order valence-electron chi connectivity index (χ3n) is 3.21. The van der Waals surface area contributed by atoms with Gasteiger partial charge >= 0.3 is 5.97 Å². The van der Waals surface area contributed by atoms with E-state index in [9.17, 15) is 13.2 Å². The minimum Gasteiger partial charge on any atom is -0.402 e. The molecule has 0 aliphatic heterocycles. The van der Waals surface area contributed by atoms with E-state index in [4.69, 9.17) is 22.1 Å². The largest absolute Gasteiger partial charge is 0.402 e. The molecule has 3 rings (SSSR count). The van der Waals surface area contributed by atoms with Crippen molar-refractivity contribution in [1.82, 2.24) is 9.19 Å². The van der Waals surface area contributed by atoms with Crippen LogP contribution in [-0.4, -0.2) is 23.6 Å². The number of anilines is 1. The fourth-order valence-electron chi connectivity index (χ4n) is 2.06. The Hall–Kier alpha value is -2.84. The molecule has 3 aromatic rings. The lowest BCUT2D eigenvalue weighted by Crippen LogP contribution is -2.17. The van der Waals surface area contributed by atoms with E-state index in [0.717, 1.165) is 6.07 Å². The van der Waals surface area contributed by atoms with Gasteiger partial charge in [-0.05, 0) is 30.3 Å². The number of nitrogen functional groups attached to an aromatic ring is 1. The second kappa shape index (κ2) is 6.58. The van der Waals surface area contributed by atoms with Gasteiger partial charge in [0.25, 0.3) is 10.0 Å². The van der Waals surface area contributed by atoms with Crippen molar-refractivity contribution in [1.29, 1.82) is 0 Å². The van der Waals surface area contributed by atoms with Crippen molar-refractivity contribution in [3.63, 3.8) is 0 Å². The highest BCUT2D eigenvalue weighted by atomic mass is 35.5. The molecule has 0 amide bonds. The Morgan fingerprint density at radius 2 is 1.80 bits per heavy atom. The Labute approximate surface area is 148 Å². The summed E-state index contributed by atoms with van der Waals surface area (Å²) in [7, 11) is -3.99. The number of halogens is 1. The van der Waals surface area contributed by atoms with E-state index in [1.807, 2.05) is 0 Å². The number of nitrogens with two attached hydrogens (primary N) is 1. The van der Waals surface area contributed by atoms with Gasteiger partial charge in [-0.15, -0.1) is 9.19 Å². The average molecular weight is 378 g/mol. The zero-order valence-corrected chi connectivity index (χ0v) is 14.2. The van der Waals surface area contributed by atoms with Gasteiger partial charge in [-0.1, -0.05) is 35.9 Å². The predicted octanol–water partition coefficient (Wildman–Crippen LogP) is 2.57. The zero-order valence-electron chi connectivity index (χ0n) is 12.7. The van der Waals surface area contributed by atoms with Crippen molar-refractivity contribution in [3.05, 3.63) is 71.2 Å². The summed E-state index contributed by atoms with van der Waals surface area (Å²) in [6, 6.07) is 14.9. The van der Waals surface area contributed by atoms with Crippen LogP contribution in [0.2, 0.25) is 5.02 Å². The molecule has 25 heavy (non-hydrogen) atoms. The Kier molecular flexibility index (Phi) is 4.47. The lowest BCUT2D eigenvalue weighted by Gasteiger charge is -2.05. The van der Waals surface area contributed by atoms with Crippen molar-refractivity contribution in [3.8, 4) is 5.88 Å². The molecule has 7 nitrogen and oxygen atoms in total. The topological polar surface area (TPSA) is 104 Å². The molecule has 0 bridgehead atoms. The number of carbonyl (C=O) groups is 1. The van der Waals surface area contributed by atoms with Crippen molar-refractivity contribution >= 4 is 33.4 Å². The average Bonchev–Trinajstić information content (AvgIpc) is 2.96. The number of aromatic nitrogens is 2. The van der Waals surface area contributed by atoms with Crippen molar-refractivity contribution < 1.29 is 17.9 Å². The molecule has 2 aromatic carbocycles. The van der Waals surface area contributed by atoms with Crippen molar-refractivity contribution in [2.24, 2.45) is 0 Å². The van der Waals surface area contributed by atoms with Gasteiger partial charge in [0.2, 0.25) is 5.88 Å². The third kappa shape index (κ3) is 3.49. The summed E-state index contributed by atoms with van der Waals surface area (Å²) in [6.07, 6.45) is 0. The maximum atomic E-state index is 12.5. The molecule has 128 valence electrons. The number of hydrogen-bond donors (Lipinski definition) is 1. The maximum absolute atomic E-state index is 12.5. The molecule has 0 atom stereocenters. The number of ether oxygens (including phenoxy) is 1. The van der Waals surface area contributed by atoms with E-state index in [1.54, 1.807) is 30.3 Å². The van der Waals surface area contributed by atoms with E-state index in [0.29, 0.717) is 9.11 Å². The normalized spacial score (nSPS) is 11.2. The first kappa shape index (κ1) is 17.0. The number of rotatable bonds is 4. The Bertz CT molecular complexity index is 1030. The fraction of sp³-hybridized carbons (Fsp3) is 0. The summed E-state index contributed by atoms with van der Waals surface area (Å²) in [5, 5.41) is 4.14. The van der Waals surface area contributed by atoms with Gasteiger partial charge in [0.1, 0.15) is 5.82 Å². The van der Waals surface area contributed by atoms with E-state index < -0.39 is 16.0 Å². The van der Waals surface area contributed by atoms with Crippen LogP contribution >= 0.6 is 11.6 Å². The first-order valence-corrected chi connectivity index (χ1v) is 8.83. The fourth-order valence-corrected chi connectivity index (χ4v) is 3.47. The van der Waals surface area contributed by atoms with E-state index in [-0.39, 0.29) is 22.2 Å². The summed E-state index contributed by atoms with van der Waals surface area (Å²) >= 11 is 5.82. The van der Waals surface area contributed by atoms with Gasteiger partial charge in [0.05, 0.1) is 10.5 Å². The SMILES string of the molecule is Nc1cc(OC(=O)c2cccc(Cl)c2)nn1S(=O)(=O)c1ccccc1. The van der Waals surface area contributed by atoms with Crippen LogP contribution < -0.4 is 10.5 Å². The van der Waals surface area contributed by atoms with E-state index >= 15 is 0 Å². The Balaban J connectivity index is 1.89. The Morgan fingerprint density at radius 1 is 1.08 bits per heavy atom. The predicted molar refractivity (Wildman–Crippen MR) is 92.1 cm³/mol. The van der Waals surface area contributed by atoms with Crippen LogP contribution in [0.1, 0.15) is 10.4 Å². The van der Waals surface area contributed by atoms with Gasteiger partial charge in [-0.25, -0.2) is 4.79 Å². The van der Waals surface area contributed by atoms with Gasteiger partial charge < -0.3 is 10.5 Å². The smallest absolute Gasteiger partial charge is 0.344 e. The quantitative estimate of drug-likeness (QED) is 0.701. The zero-order chi connectivity index (χ0) is 18.0. The molecule has 0 aliphatic carbocycles. The monoisotopic (exact) mass is 377 g/mol. The standard InChI is InChI=1S/C16H12ClN3O4S/c17-12-6-4-5-11(9-12)16(21)24-15-10-14(18)20(19-15)25(22,23)13-7-2-1-3-8-13/h1-10H,18H2. The number of benzene rings is 2. The van der Waals surface area contributed by atoms with Gasteiger partial charge in [-0.3, -0.25) is 0 Å². The summed E-state index contributed by atoms with van der Waals surface area (Å²) in [4.78, 5) is 12.1. The lowest BCUT2D eigenvalue weighted by atomic mass is 10.2. The number of nitrogens with zero attached hydrogens (tertiary/aromatic N) is 2. The number of hydrogen-bond acceptors (Lipinski definition) is 6. The van der Waals surface area contributed by atoms with Gasteiger partial charge in [-0.2, -0.15) is 8.42 Å². The van der Waals surface area contributed by atoms with Crippen LogP contribution in [0.5, 0.6) is 5.88 Å². The Morgan fingerprint density at radius 3 is 2.48 bits per heavy atom. The van der Waals surface area contributed by atoms with Crippen LogP contribution in [0, 0.1) is 0 Å². The molecule has 2 N–H and O–H groups in total. The second-order valence-corrected chi connectivity index (χ2v) is 7.17. The molecule has 0 saturated carbocycles. The van der Waals surface area contributed by atoms with Crippen molar-refractivity contribution in [2.45, 2.75) is 4.90 Å². The molecular weight excluding hydrogens is 366 g/mol. The first-order chi connectivity index (χ1) is 11.9. The van der Waals surface area contributed by atoms with Crippen LogP contribution in [0.15, 0.2) is 65.6 Å². The van der Waals surface area contributed by atoms with E-state index in [2.05, 4.69) is 5.10 Å². The molecule has 1 aromatic heterocycles. The summed E-state index contributed by atoms with van der Waals surface area (Å²) in [6.45, 7) is 0. The lowest BCUT2D eigenvalue weighted by molar-refractivity contribution is 0.0727. The maximum Gasteiger partial charge on any atom is 0.344 e. The summed E-state index contributed by atoms with van der Waals surface area (Å²) in [5.74, 6) is -1.15. The molecule has 0 fully saturated rings. The number of esters is 1. The first-order valence-electron chi connectivity index (χ1n) is 7.02. The van der Waals surface area contributed by atoms with E-state index in [1.165, 1.54) is 24.3 Å². The highest BCUT2D eigenvalue weighted by molar-refractivity contribution is 7.90. The molecule has 0 saturated heterocycles. The highest BCUT2D eigenvalue weighted by Gasteiger charge is 2.23. The summed E-state index contributed by atoms with van der Waals surface area (Å²) in [5.41, 5.74) is 5.91. The van der Waals surface area contributed by atoms with Crippen LogP contribution in [0.4, 0.5) is 5.82 Å². The van der Waals surface area contributed by atoms with Crippen LogP contribution in [-0.2, 0) is 10.0 Å². The minimum atomic E-state index is -3.99. The molecule has 0 aliphatic rings. The van der Waals surface area contributed by atoms with Crippen LogP contribution in [0.3, 0.4) is 0 Å². The highest BCUT2D eigenvalue weighted by Crippen LogP contribution is 2.22. The molecule has 9 heteroatoms. The third-order valence-corrected chi connectivity index (χ3v) is 5.06. The van der Waals surface area contributed by atoms with Gasteiger partial charge in [0, 0.05) is 11.1 Å². The minimum absolute atomic E-state index is 0.0116.